The number of rotatable bonds is 6. The lowest BCUT2D eigenvalue weighted by molar-refractivity contribution is 0.0695. The highest BCUT2D eigenvalue weighted by Gasteiger charge is 2.53. The van der Waals surface area contributed by atoms with Gasteiger partial charge < -0.3 is 14.8 Å². The van der Waals surface area contributed by atoms with Gasteiger partial charge in [-0.25, -0.2) is 0 Å². The molecule has 1 N–H and O–H groups in total. The van der Waals surface area contributed by atoms with E-state index in [-0.39, 0.29) is 39.7 Å². The van der Waals surface area contributed by atoms with E-state index in [1.807, 2.05) is 26.8 Å². The van der Waals surface area contributed by atoms with Crippen molar-refractivity contribution < 1.29 is 13.8 Å². The molecule has 0 saturated heterocycles. The van der Waals surface area contributed by atoms with Gasteiger partial charge in [0.15, 0.2) is 0 Å². The van der Waals surface area contributed by atoms with Crippen LogP contribution in [0.5, 0.6) is 0 Å². The molecule has 2 aromatic rings. The van der Waals surface area contributed by atoms with Gasteiger partial charge in [0.2, 0.25) is 0 Å². The molecule has 1 saturated carbocycles. The summed E-state index contributed by atoms with van der Waals surface area (Å²) in [7, 11) is -1.08. The van der Waals surface area contributed by atoms with Crippen LogP contribution in [-0.4, -0.2) is 48.1 Å². The molecule has 1 aliphatic heterocycles. The number of fused-ring (bicyclic) bond motifs is 1. The Bertz CT molecular complexity index is 1260. The van der Waals surface area contributed by atoms with Crippen LogP contribution < -0.4 is 10.9 Å². The molecule has 1 fully saturated rings. The zero-order chi connectivity index (χ0) is 24.7. The van der Waals surface area contributed by atoms with Crippen molar-refractivity contribution in [2.75, 3.05) is 13.1 Å². The number of aromatic nitrogens is 1. The van der Waals surface area contributed by atoms with E-state index in [1.165, 1.54) is 16.7 Å². The first kappa shape index (κ1) is 23.9. The average Bonchev–Trinajstić information content (AvgIpc) is 3.59. The first-order valence-corrected chi connectivity index (χ1v) is 12.4. The molecule has 2 amide bonds. The highest BCUT2D eigenvalue weighted by atomic mass is 32.2. The van der Waals surface area contributed by atoms with Gasteiger partial charge in [-0.2, -0.15) is 5.26 Å². The minimum atomic E-state index is -1.08. The maximum atomic E-state index is 13.1. The number of nitrogens with one attached hydrogen (secondary N) is 1. The summed E-state index contributed by atoms with van der Waals surface area (Å²) in [4.78, 5) is 40.5. The number of nitrogens with zero attached hydrogens (tertiary/aromatic N) is 3. The first-order valence-electron chi connectivity index (χ1n) is 11.3. The molecule has 2 heterocycles. The van der Waals surface area contributed by atoms with Crippen LogP contribution in [0.2, 0.25) is 0 Å². The third kappa shape index (κ3) is 4.55. The molecule has 9 heteroatoms. The van der Waals surface area contributed by atoms with Gasteiger partial charge in [-0.1, -0.05) is 12.1 Å². The molecule has 1 aromatic heterocycles. The van der Waals surface area contributed by atoms with Crippen LogP contribution in [0.4, 0.5) is 0 Å². The minimum absolute atomic E-state index is 0.0221. The Hall–Kier alpha value is -3.25. The Morgan fingerprint density at radius 1 is 1.12 bits per heavy atom. The molecule has 0 bridgehead atoms. The molecule has 0 radical (unpaired) electrons. The fraction of sp³-hybridized carbons (Fsp3) is 0.440. The van der Waals surface area contributed by atoms with Crippen molar-refractivity contribution in [3.8, 4) is 6.07 Å². The monoisotopic (exact) mass is 480 g/mol. The molecule has 1 aromatic carbocycles. The van der Waals surface area contributed by atoms with Gasteiger partial charge in [0, 0.05) is 41.7 Å². The first-order chi connectivity index (χ1) is 16.1. The van der Waals surface area contributed by atoms with Crippen LogP contribution in [-0.2, 0) is 23.9 Å². The summed E-state index contributed by atoms with van der Waals surface area (Å²) in [5, 5.41) is 11.6. The van der Waals surface area contributed by atoms with Crippen LogP contribution in [0.15, 0.2) is 41.2 Å². The van der Waals surface area contributed by atoms with Crippen molar-refractivity contribution in [3.63, 3.8) is 0 Å². The fourth-order valence-electron chi connectivity index (χ4n) is 4.31. The Labute approximate surface area is 201 Å². The number of hydrogen-bond donors (Lipinski definition) is 1. The van der Waals surface area contributed by atoms with Crippen molar-refractivity contribution in [3.05, 3.63) is 69.1 Å². The molecule has 2 aliphatic rings. The molecule has 0 spiro atoms. The van der Waals surface area contributed by atoms with E-state index < -0.39 is 22.3 Å². The number of hydrogen-bond acceptors (Lipinski definition) is 5. The third-order valence-corrected chi connectivity index (χ3v) is 8.73. The second kappa shape index (κ2) is 8.84. The molecule has 1 aliphatic carbocycles. The Morgan fingerprint density at radius 3 is 2.38 bits per heavy atom. The van der Waals surface area contributed by atoms with Crippen molar-refractivity contribution in [2.45, 2.75) is 56.2 Å². The lowest BCUT2D eigenvalue weighted by atomic mass is 10.1. The summed E-state index contributed by atoms with van der Waals surface area (Å²) in [6.07, 6.45) is 1.65. The van der Waals surface area contributed by atoms with Crippen LogP contribution >= 0.6 is 0 Å². The number of benzene rings is 1. The zero-order valence-corrected chi connectivity index (χ0v) is 20.4. The Balaban J connectivity index is 1.47. The normalized spacial score (nSPS) is 17.5. The third-order valence-electron chi connectivity index (χ3n) is 6.29. The number of carbonyl (C=O) groups excluding carboxylic acids is 2. The minimum Gasteiger partial charge on any atom is -0.348 e. The highest BCUT2D eigenvalue weighted by Crippen LogP contribution is 2.46. The van der Waals surface area contributed by atoms with Crippen molar-refractivity contribution in [2.24, 2.45) is 0 Å². The van der Waals surface area contributed by atoms with E-state index in [2.05, 4.69) is 5.32 Å². The maximum absolute atomic E-state index is 13.1. The van der Waals surface area contributed by atoms with Crippen molar-refractivity contribution in [1.82, 2.24) is 14.8 Å². The second-order valence-electron chi connectivity index (χ2n) is 9.87. The van der Waals surface area contributed by atoms with E-state index >= 15 is 0 Å². The molecular weight excluding hydrogens is 452 g/mol. The number of carbonyl (C=O) groups is 2. The van der Waals surface area contributed by atoms with Gasteiger partial charge >= 0.3 is 0 Å². The fourth-order valence-corrected chi connectivity index (χ4v) is 6.35. The van der Waals surface area contributed by atoms with E-state index in [4.69, 9.17) is 5.26 Å². The topological polar surface area (TPSA) is 112 Å². The summed E-state index contributed by atoms with van der Waals surface area (Å²) >= 11 is 0. The van der Waals surface area contributed by atoms with Gasteiger partial charge in [0.1, 0.15) is 11.3 Å². The van der Waals surface area contributed by atoms with E-state index in [1.54, 1.807) is 29.2 Å². The molecule has 1 unspecified atom stereocenters. The van der Waals surface area contributed by atoms with Gasteiger partial charge in [-0.05, 0) is 63.4 Å². The van der Waals surface area contributed by atoms with Crippen LogP contribution in [0, 0.1) is 11.3 Å². The van der Waals surface area contributed by atoms with Crippen LogP contribution in [0.25, 0.3) is 0 Å². The second-order valence-corrected chi connectivity index (χ2v) is 12.5. The molecular formula is C25H28N4O4S. The largest absolute Gasteiger partial charge is 0.348 e. The summed E-state index contributed by atoms with van der Waals surface area (Å²) in [5.74, 6) is -0.790. The van der Waals surface area contributed by atoms with Gasteiger partial charge in [0.05, 0.1) is 16.4 Å². The molecule has 1 atom stereocenters. The lowest BCUT2D eigenvalue weighted by Gasteiger charge is -2.34. The van der Waals surface area contributed by atoms with Gasteiger partial charge in [-0.15, -0.1) is 0 Å². The molecule has 178 valence electrons. The van der Waals surface area contributed by atoms with Crippen molar-refractivity contribution in [1.29, 1.82) is 5.26 Å². The summed E-state index contributed by atoms with van der Waals surface area (Å²) in [6.45, 7) is 7.10. The molecule has 8 nitrogen and oxygen atoms in total. The molecule has 34 heavy (non-hydrogen) atoms. The van der Waals surface area contributed by atoms with E-state index in [9.17, 15) is 18.6 Å². The summed E-state index contributed by atoms with van der Waals surface area (Å²) in [6, 6.07) is 11.8. The van der Waals surface area contributed by atoms with Gasteiger partial charge in [0.25, 0.3) is 17.4 Å². The van der Waals surface area contributed by atoms with E-state index in [0.717, 1.165) is 18.4 Å². The predicted octanol–water partition coefficient (Wildman–Crippen LogP) is 2.19. The van der Waals surface area contributed by atoms with Gasteiger partial charge in [-0.3, -0.25) is 18.6 Å². The Kier molecular flexibility index (Phi) is 6.21. The van der Waals surface area contributed by atoms with E-state index in [0.29, 0.717) is 18.7 Å². The average molecular weight is 481 g/mol. The SMILES string of the molecule is CC(C)(C)S(=O)C1(CN2CCn3c(ccc(C(=O)NCc4ccc(C#N)cc4)c3=O)C2=O)CC1. The smallest absolute Gasteiger partial charge is 0.270 e. The van der Waals surface area contributed by atoms with Crippen LogP contribution in [0.3, 0.4) is 0 Å². The molecule has 4 rings (SSSR count). The summed E-state index contributed by atoms with van der Waals surface area (Å²) < 4.78 is 13.6. The lowest BCUT2D eigenvalue weighted by Crippen LogP contribution is -2.50. The quantitative estimate of drug-likeness (QED) is 0.681. The number of amides is 2. The maximum Gasteiger partial charge on any atom is 0.270 e. The van der Waals surface area contributed by atoms with Crippen molar-refractivity contribution >= 4 is 22.6 Å². The zero-order valence-electron chi connectivity index (χ0n) is 19.6. The Morgan fingerprint density at radius 2 is 1.79 bits per heavy atom. The summed E-state index contributed by atoms with van der Waals surface area (Å²) in [5.41, 5.74) is 1.06. The highest BCUT2D eigenvalue weighted by molar-refractivity contribution is 7.88. The predicted molar refractivity (Wildman–Crippen MR) is 129 cm³/mol. The number of nitriles is 1. The van der Waals surface area contributed by atoms with Crippen LogP contribution in [0.1, 0.15) is 65.6 Å². The number of pyridine rings is 1. The standard InChI is InChI=1S/C25H28N4O4S/c1-24(2,3)34(33)25(10-11-25)16-28-12-13-29-20(23(28)32)9-8-19(22(29)31)21(30)27-15-18-6-4-17(14-26)5-7-18/h4-9H,10-13,15-16H2,1-3H3,(H,27,30).